The number of hydrogen-bond donors (Lipinski definition) is 1. The summed E-state index contributed by atoms with van der Waals surface area (Å²) in [5, 5.41) is 2.86. The number of para-hydroxylation sites is 2. The third kappa shape index (κ3) is 4.43. The largest absolute Gasteiger partial charge is 0.495 e. The second-order valence-electron chi connectivity index (χ2n) is 5.56. The van der Waals surface area contributed by atoms with Gasteiger partial charge in [0.25, 0.3) is 0 Å². The van der Waals surface area contributed by atoms with Crippen LogP contribution in [-0.4, -0.2) is 69.1 Å². The zero-order valence-electron chi connectivity index (χ0n) is 13.7. The van der Waals surface area contributed by atoms with Crippen LogP contribution in [0, 0.1) is 0 Å². The van der Waals surface area contributed by atoms with E-state index in [9.17, 15) is 13.2 Å². The maximum absolute atomic E-state index is 12.4. The lowest BCUT2D eigenvalue weighted by Gasteiger charge is -2.36. The number of carbonyl (C=O) groups is 1. The molecule has 1 atom stereocenters. The highest BCUT2D eigenvalue weighted by atomic mass is 32.2. The zero-order chi connectivity index (χ0) is 17.0. The summed E-state index contributed by atoms with van der Waals surface area (Å²) in [6.07, 6.45) is 1.21. The number of rotatable bonds is 5. The zero-order valence-corrected chi connectivity index (χ0v) is 14.5. The van der Waals surface area contributed by atoms with Crippen LogP contribution in [0.5, 0.6) is 5.75 Å². The summed E-state index contributed by atoms with van der Waals surface area (Å²) in [4.78, 5) is 14.4. The highest BCUT2D eigenvalue weighted by Crippen LogP contribution is 2.23. The van der Waals surface area contributed by atoms with Gasteiger partial charge in [0, 0.05) is 26.2 Å². The normalized spacial score (nSPS) is 18.4. The highest BCUT2D eigenvalue weighted by Gasteiger charge is 2.29. The van der Waals surface area contributed by atoms with Gasteiger partial charge in [-0.3, -0.25) is 9.69 Å². The molecule has 0 saturated carbocycles. The smallest absolute Gasteiger partial charge is 0.241 e. The number of ether oxygens (including phenoxy) is 1. The van der Waals surface area contributed by atoms with E-state index in [-0.39, 0.29) is 11.9 Å². The summed E-state index contributed by atoms with van der Waals surface area (Å²) in [6.45, 7) is 3.71. The molecule has 0 aliphatic carbocycles. The van der Waals surface area contributed by atoms with Crippen LogP contribution in [0.15, 0.2) is 24.3 Å². The van der Waals surface area contributed by atoms with Crippen LogP contribution in [0.1, 0.15) is 6.92 Å². The predicted molar refractivity (Wildman–Crippen MR) is 89.1 cm³/mol. The second kappa shape index (κ2) is 7.29. The van der Waals surface area contributed by atoms with Crippen molar-refractivity contribution in [3.63, 3.8) is 0 Å². The second-order valence-corrected chi connectivity index (χ2v) is 7.55. The molecule has 1 amide bonds. The predicted octanol–water partition coefficient (Wildman–Crippen LogP) is 0.599. The van der Waals surface area contributed by atoms with Crippen LogP contribution >= 0.6 is 0 Å². The molecule has 0 aromatic heterocycles. The van der Waals surface area contributed by atoms with Crippen molar-refractivity contribution in [1.29, 1.82) is 0 Å². The molecular weight excluding hydrogens is 318 g/mol. The third-order valence-corrected chi connectivity index (χ3v) is 5.34. The number of amides is 1. The minimum Gasteiger partial charge on any atom is -0.495 e. The number of anilines is 1. The average Bonchev–Trinajstić information content (AvgIpc) is 2.54. The average molecular weight is 341 g/mol. The van der Waals surface area contributed by atoms with Crippen molar-refractivity contribution in [3.8, 4) is 5.75 Å². The molecule has 1 aliphatic rings. The first-order valence-corrected chi connectivity index (χ1v) is 9.31. The minimum atomic E-state index is -3.16. The van der Waals surface area contributed by atoms with Crippen LogP contribution in [0.2, 0.25) is 0 Å². The van der Waals surface area contributed by atoms with E-state index in [4.69, 9.17) is 4.74 Å². The maximum Gasteiger partial charge on any atom is 0.241 e. The van der Waals surface area contributed by atoms with E-state index < -0.39 is 10.0 Å². The van der Waals surface area contributed by atoms with Gasteiger partial charge < -0.3 is 10.1 Å². The van der Waals surface area contributed by atoms with Gasteiger partial charge in [0.1, 0.15) is 5.75 Å². The fourth-order valence-corrected chi connectivity index (χ4v) is 3.40. The highest BCUT2D eigenvalue weighted by molar-refractivity contribution is 7.88. The lowest BCUT2D eigenvalue weighted by Crippen LogP contribution is -2.53. The van der Waals surface area contributed by atoms with Crippen LogP contribution in [-0.2, 0) is 14.8 Å². The molecule has 0 bridgehead atoms. The molecule has 7 nitrogen and oxygen atoms in total. The van der Waals surface area contributed by atoms with Crippen LogP contribution in [0.3, 0.4) is 0 Å². The fourth-order valence-electron chi connectivity index (χ4n) is 2.57. The Morgan fingerprint density at radius 2 is 1.83 bits per heavy atom. The van der Waals surface area contributed by atoms with Gasteiger partial charge in [0.2, 0.25) is 15.9 Å². The summed E-state index contributed by atoms with van der Waals surface area (Å²) >= 11 is 0. The first-order chi connectivity index (χ1) is 10.8. The van der Waals surface area contributed by atoms with E-state index >= 15 is 0 Å². The Labute approximate surface area is 137 Å². The standard InChI is InChI=1S/C15H23N3O4S/c1-12(17-8-10-18(11-9-17)23(3,20)21)15(19)16-13-6-4-5-7-14(13)22-2/h4-7,12H,8-11H2,1-3H3,(H,16,19)/t12-/m0/s1. The number of benzene rings is 1. The Kier molecular flexibility index (Phi) is 5.61. The summed E-state index contributed by atoms with van der Waals surface area (Å²) in [7, 11) is -1.61. The number of sulfonamides is 1. The Hall–Kier alpha value is -1.64. The van der Waals surface area contributed by atoms with Crippen molar-refractivity contribution >= 4 is 21.6 Å². The Morgan fingerprint density at radius 3 is 2.39 bits per heavy atom. The van der Waals surface area contributed by atoms with Gasteiger partial charge in [-0.15, -0.1) is 0 Å². The lowest BCUT2D eigenvalue weighted by atomic mass is 10.2. The van der Waals surface area contributed by atoms with Gasteiger partial charge in [-0.2, -0.15) is 4.31 Å². The molecule has 1 fully saturated rings. The fraction of sp³-hybridized carbons (Fsp3) is 0.533. The molecule has 0 spiro atoms. The van der Waals surface area contributed by atoms with Gasteiger partial charge in [-0.05, 0) is 19.1 Å². The van der Waals surface area contributed by atoms with E-state index in [2.05, 4.69) is 5.32 Å². The first kappa shape index (κ1) is 17.7. The Bertz CT molecular complexity index is 654. The molecule has 1 heterocycles. The number of nitrogens with zero attached hydrogens (tertiary/aromatic N) is 2. The molecule has 23 heavy (non-hydrogen) atoms. The summed E-state index contributed by atoms with van der Waals surface area (Å²) < 4.78 is 29.7. The van der Waals surface area contributed by atoms with E-state index in [1.54, 1.807) is 19.2 Å². The summed E-state index contributed by atoms with van der Waals surface area (Å²) in [5.41, 5.74) is 0.627. The van der Waals surface area contributed by atoms with Gasteiger partial charge in [0.15, 0.2) is 0 Å². The molecule has 1 aromatic carbocycles. The number of methoxy groups -OCH3 is 1. The van der Waals surface area contributed by atoms with E-state index in [0.29, 0.717) is 37.6 Å². The SMILES string of the molecule is COc1ccccc1NC(=O)[C@H](C)N1CCN(S(C)(=O)=O)CC1. The van der Waals surface area contributed by atoms with E-state index in [0.717, 1.165) is 0 Å². The number of hydrogen-bond acceptors (Lipinski definition) is 5. The van der Waals surface area contributed by atoms with Crippen LogP contribution < -0.4 is 10.1 Å². The number of nitrogens with one attached hydrogen (secondary N) is 1. The molecule has 1 saturated heterocycles. The number of piperazine rings is 1. The monoisotopic (exact) mass is 341 g/mol. The Morgan fingerprint density at radius 1 is 1.22 bits per heavy atom. The molecule has 8 heteroatoms. The number of carbonyl (C=O) groups excluding carboxylic acids is 1. The molecule has 128 valence electrons. The summed E-state index contributed by atoms with van der Waals surface area (Å²) in [5.74, 6) is 0.470. The van der Waals surface area contributed by atoms with E-state index in [1.165, 1.54) is 10.6 Å². The molecule has 2 rings (SSSR count). The van der Waals surface area contributed by atoms with Gasteiger partial charge >= 0.3 is 0 Å². The third-order valence-electron chi connectivity index (χ3n) is 4.03. The van der Waals surface area contributed by atoms with Crippen LogP contribution in [0.4, 0.5) is 5.69 Å². The molecule has 1 N–H and O–H groups in total. The van der Waals surface area contributed by atoms with Crippen molar-refractivity contribution < 1.29 is 17.9 Å². The van der Waals surface area contributed by atoms with Gasteiger partial charge in [-0.1, -0.05) is 12.1 Å². The minimum absolute atomic E-state index is 0.137. The molecular formula is C15H23N3O4S. The van der Waals surface area contributed by atoms with Gasteiger partial charge in [-0.25, -0.2) is 8.42 Å². The van der Waals surface area contributed by atoms with Gasteiger partial charge in [0.05, 0.1) is 25.1 Å². The van der Waals surface area contributed by atoms with Crippen molar-refractivity contribution in [2.75, 3.05) is 44.9 Å². The first-order valence-electron chi connectivity index (χ1n) is 7.46. The van der Waals surface area contributed by atoms with E-state index in [1.807, 2.05) is 24.0 Å². The molecule has 0 unspecified atom stereocenters. The van der Waals surface area contributed by atoms with Crippen molar-refractivity contribution in [1.82, 2.24) is 9.21 Å². The van der Waals surface area contributed by atoms with Crippen LogP contribution in [0.25, 0.3) is 0 Å². The van der Waals surface area contributed by atoms with Crippen molar-refractivity contribution in [3.05, 3.63) is 24.3 Å². The van der Waals surface area contributed by atoms with Crippen molar-refractivity contribution in [2.45, 2.75) is 13.0 Å². The quantitative estimate of drug-likeness (QED) is 0.848. The molecule has 1 aliphatic heterocycles. The topological polar surface area (TPSA) is 79.0 Å². The molecule has 0 radical (unpaired) electrons. The molecule has 1 aromatic rings. The Balaban J connectivity index is 1.96. The summed E-state index contributed by atoms with van der Waals surface area (Å²) in [6, 6.07) is 6.88. The lowest BCUT2D eigenvalue weighted by molar-refractivity contribution is -0.121. The van der Waals surface area contributed by atoms with Crippen molar-refractivity contribution in [2.24, 2.45) is 0 Å². The maximum atomic E-state index is 12.4.